The first-order valence-corrected chi connectivity index (χ1v) is 13.8. The Morgan fingerprint density at radius 2 is 1.90 bits per heavy atom. The number of methoxy groups -OCH3 is 1. The van der Waals surface area contributed by atoms with Gasteiger partial charge in [-0.25, -0.2) is 4.39 Å². The van der Waals surface area contributed by atoms with Crippen molar-refractivity contribution >= 4 is 34.4 Å². The van der Waals surface area contributed by atoms with E-state index < -0.39 is 35.9 Å². The number of hydrogen-bond donors (Lipinski definition) is 4. The number of carbonyl (C=O) groups is 2. The largest absolute Gasteiger partial charge is 0.493 e. The summed E-state index contributed by atoms with van der Waals surface area (Å²) in [5, 5.41) is 32.9. The zero-order chi connectivity index (χ0) is 29.2. The van der Waals surface area contributed by atoms with E-state index in [2.05, 4.69) is 5.32 Å². The Morgan fingerprint density at radius 3 is 2.52 bits per heavy atom. The summed E-state index contributed by atoms with van der Waals surface area (Å²) in [5.74, 6) is -0.715. The first-order valence-electron chi connectivity index (χ1n) is 12.8. The minimum atomic E-state index is -1.28. The van der Waals surface area contributed by atoms with Gasteiger partial charge < -0.3 is 39.7 Å². The second-order valence-electron chi connectivity index (χ2n) is 9.07. The van der Waals surface area contributed by atoms with Gasteiger partial charge in [-0.15, -0.1) is 0 Å². The van der Waals surface area contributed by atoms with Crippen molar-refractivity contribution in [2.75, 3.05) is 33.5 Å². The van der Waals surface area contributed by atoms with Crippen molar-refractivity contribution in [3.05, 3.63) is 68.6 Å². The average Bonchev–Trinajstić information content (AvgIpc) is 2.96. The average molecular weight is 672 g/mol. The lowest BCUT2D eigenvalue weighted by Crippen LogP contribution is -2.55. The molecule has 1 aliphatic carbocycles. The van der Waals surface area contributed by atoms with Crippen LogP contribution in [0, 0.1) is 9.39 Å². The van der Waals surface area contributed by atoms with E-state index in [0.717, 1.165) is 0 Å². The molecule has 0 saturated heterocycles. The van der Waals surface area contributed by atoms with Gasteiger partial charge in [-0.2, -0.15) is 0 Å². The SMILES string of the molecule is CCOCC(=O)N(Cc1ccc(F)cc1)[C@@H]1CC(C(=O)NCCO)=C[C@H](Oc2c(I)cc(CO)cc2OC)[C@H]1O. The Kier molecular flexibility index (Phi) is 12.1. The molecule has 2 amide bonds. The van der Waals surface area contributed by atoms with Gasteiger partial charge in [-0.05, 0) is 71.0 Å². The van der Waals surface area contributed by atoms with Crippen LogP contribution in [0.2, 0.25) is 0 Å². The Bertz CT molecular complexity index is 1190. The van der Waals surface area contributed by atoms with Gasteiger partial charge in [-0.1, -0.05) is 12.1 Å². The molecule has 0 aliphatic heterocycles. The third kappa shape index (κ3) is 8.13. The highest BCUT2D eigenvalue weighted by Gasteiger charge is 2.41. The Balaban J connectivity index is 2.02. The molecule has 0 saturated carbocycles. The summed E-state index contributed by atoms with van der Waals surface area (Å²) in [4.78, 5) is 27.7. The van der Waals surface area contributed by atoms with Crippen LogP contribution < -0.4 is 14.8 Å². The molecule has 0 bridgehead atoms. The number of hydrogen-bond acceptors (Lipinski definition) is 8. The van der Waals surface area contributed by atoms with Crippen molar-refractivity contribution in [3.8, 4) is 11.5 Å². The zero-order valence-electron chi connectivity index (χ0n) is 22.3. The maximum absolute atomic E-state index is 13.6. The monoisotopic (exact) mass is 672 g/mol. The van der Waals surface area contributed by atoms with E-state index in [1.165, 1.54) is 30.2 Å². The first kappa shape index (κ1) is 31.7. The lowest BCUT2D eigenvalue weighted by molar-refractivity contribution is -0.144. The van der Waals surface area contributed by atoms with Crippen LogP contribution in [0.15, 0.2) is 48.0 Å². The molecule has 3 rings (SSSR count). The van der Waals surface area contributed by atoms with E-state index in [0.29, 0.717) is 32.8 Å². The second kappa shape index (κ2) is 15.3. The molecule has 1 aliphatic rings. The summed E-state index contributed by atoms with van der Waals surface area (Å²) < 4.78 is 31.2. The quantitative estimate of drug-likeness (QED) is 0.237. The first-order chi connectivity index (χ1) is 19.2. The number of amides is 2. The number of nitrogens with zero attached hydrogens (tertiary/aromatic N) is 1. The maximum Gasteiger partial charge on any atom is 0.249 e. The smallest absolute Gasteiger partial charge is 0.249 e. The molecule has 0 radical (unpaired) electrons. The van der Waals surface area contributed by atoms with E-state index in [1.54, 1.807) is 31.2 Å². The molecule has 2 aromatic carbocycles. The number of aliphatic hydroxyl groups excluding tert-OH is 3. The van der Waals surface area contributed by atoms with Crippen molar-refractivity contribution < 1.29 is 43.5 Å². The summed E-state index contributed by atoms with van der Waals surface area (Å²) in [5.41, 5.74) is 1.47. The molecule has 218 valence electrons. The minimum Gasteiger partial charge on any atom is -0.493 e. The molecule has 0 heterocycles. The standard InChI is InChI=1S/C28H34FIN2O8/c1-3-39-16-25(35)32(14-17-4-6-20(29)7-5-17)22-12-19(28(37)31-8-9-33)13-23(26(22)36)40-27-21(30)10-18(15-34)11-24(27)38-2/h4-7,10-11,13,22-23,26,33-34,36H,3,8-9,12,14-16H2,1-2H3,(H,31,37)/t22-,23+,26+/m1/s1. The maximum atomic E-state index is 13.6. The van der Waals surface area contributed by atoms with E-state index in [4.69, 9.17) is 14.2 Å². The van der Waals surface area contributed by atoms with Gasteiger partial charge in [-0.3, -0.25) is 9.59 Å². The zero-order valence-corrected chi connectivity index (χ0v) is 24.5. The van der Waals surface area contributed by atoms with Gasteiger partial charge in [0.15, 0.2) is 11.5 Å². The van der Waals surface area contributed by atoms with Crippen LogP contribution in [0.4, 0.5) is 4.39 Å². The number of nitrogens with one attached hydrogen (secondary N) is 1. The van der Waals surface area contributed by atoms with Gasteiger partial charge >= 0.3 is 0 Å². The summed E-state index contributed by atoms with van der Waals surface area (Å²) in [7, 11) is 1.44. The molecule has 40 heavy (non-hydrogen) atoms. The van der Waals surface area contributed by atoms with Crippen molar-refractivity contribution in [1.29, 1.82) is 0 Å². The molecule has 12 heteroatoms. The van der Waals surface area contributed by atoms with Crippen molar-refractivity contribution in [3.63, 3.8) is 0 Å². The fourth-order valence-corrected chi connectivity index (χ4v) is 5.14. The summed E-state index contributed by atoms with van der Waals surface area (Å²) in [6.45, 7) is 1.37. The molecule has 2 aromatic rings. The molecule has 0 unspecified atom stereocenters. The van der Waals surface area contributed by atoms with Crippen LogP contribution >= 0.6 is 22.6 Å². The number of rotatable bonds is 13. The van der Waals surface area contributed by atoms with E-state index in [-0.39, 0.29) is 44.9 Å². The van der Waals surface area contributed by atoms with Crippen LogP contribution in [0.5, 0.6) is 11.5 Å². The lowest BCUT2D eigenvalue weighted by Gasteiger charge is -2.40. The molecular weight excluding hydrogens is 638 g/mol. The fourth-order valence-electron chi connectivity index (χ4n) is 4.34. The Hall–Kier alpha value is -2.78. The highest BCUT2D eigenvalue weighted by Crippen LogP contribution is 2.37. The molecular formula is C28H34FIN2O8. The van der Waals surface area contributed by atoms with E-state index >= 15 is 0 Å². The van der Waals surface area contributed by atoms with Crippen LogP contribution in [0.3, 0.4) is 0 Å². The number of ether oxygens (including phenoxy) is 3. The van der Waals surface area contributed by atoms with Gasteiger partial charge in [0.1, 0.15) is 24.6 Å². The van der Waals surface area contributed by atoms with Crippen molar-refractivity contribution in [1.82, 2.24) is 10.2 Å². The van der Waals surface area contributed by atoms with Crippen LogP contribution in [-0.2, 0) is 27.5 Å². The molecule has 0 spiro atoms. The Labute approximate surface area is 245 Å². The number of carbonyl (C=O) groups excluding carboxylic acids is 2. The van der Waals surface area contributed by atoms with Crippen LogP contribution in [-0.4, -0.2) is 83.8 Å². The predicted molar refractivity (Wildman–Crippen MR) is 152 cm³/mol. The van der Waals surface area contributed by atoms with Gasteiger partial charge in [0.25, 0.3) is 0 Å². The van der Waals surface area contributed by atoms with Gasteiger partial charge in [0.05, 0.1) is 29.9 Å². The van der Waals surface area contributed by atoms with Crippen molar-refractivity contribution in [2.45, 2.75) is 44.7 Å². The summed E-state index contributed by atoms with van der Waals surface area (Å²) >= 11 is 2.02. The molecule has 0 fully saturated rings. The molecule has 4 N–H and O–H groups in total. The topological polar surface area (TPSA) is 138 Å². The molecule has 0 aromatic heterocycles. The third-order valence-electron chi connectivity index (χ3n) is 6.36. The predicted octanol–water partition coefficient (Wildman–Crippen LogP) is 1.91. The number of benzene rings is 2. The molecule has 10 nitrogen and oxygen atoms in total. The van der Waals surface area contributed by atoms with Gasteiger partial charge in [0.2, 0.25) is 11.8 Å². The Morgan fingerprint density at radius 1 is 1.18 bits per heavy atom. The van der Waals surface area contributed by atoms with Crippen molar-refractivity contribution in [2.24, 2.45) is 0 Å². The number of aliphatic hydroxyl groups is 3. The summed E-state index contributed by atoms with van der Waals surface area (Å²) in [6.07, 6.45) is -0.869. The van der Waals surface area contributed by atoms with Crippen LogP contribution in [0.25, 0.3) is 0 Å². The number of halogens is 2. The minimum absolute atomic E-state index is 0.00493. The lowest BCUT2D eigenvalue weighted by atomic mass is 9.87. The van der Waals surface area contributed by atoms with E-state index in [1.807, 2.05) is 22.6 Å². The van der Waals surface area contributed by atoms with Crippen LogP contribution in [0.1, 0.15) is 24.5 Å². The van der Waals surface area contributed by atoms with Gasteiger partial charge in [0, 0.05) is 31.7 Å². The van der Waals surface area contributed by atoms with E-state index in [9.17, 15) is 29.3 Å². The fraction of sp³-hybridized carbons (Fsp3) is 0.429. The summed E-state index contributed by atoms with van der Waals surface area (Å²) in [6, 6.07) is 8.04. The third-order valence-corrected chi connectivity index (χ3v) is 7.16. The highest BCUT2D eigenvalue weighted by atomic mass is 127. The second-order valence-corrected chi connectivity index (χ2v) is 10.2. The highest BCUT2D eigenvalue weighted by molar-refractivity contribution is 14.1. The molecule has 3 atom stereocenters. The normalized spacial score (nSPS) is 18.6.